The second-order valence-electron chi connectivity index (χ2n) is 2.81. The first-order chi connectivity index (χ1) is 6.52. The molecule has 0 aliphatic rings. The third-order valence-corrected chi connectivity index (χ3v) is 2.12. The fourth-order valence-corrected chi connectivity index (χ4v) is 1.41. The van der Waals surface area contributed by atoms with Crippen molar-refractivity contribution in [3.05, 3.63) is 39.9 Å². The minimum atomic E-state index is -1.13. The van der Waals surface area contributed by atoms with Gasteiger partial charge in [-0.05, 0) is 12.5 Å². The SMILES string of the molecule is Cc1ccc(C(C(=O)O)=C(Cl)Cl)cc1.Cl. The molecule has 0 bridgehead atoms. The van der Waals surface area contributed by atoms with Crippen LogP contribution in [0.25, 0.3) is 5.57 Å². The Hall–Kier alpha value is -0.700. The van der Waals surface area contributed by atoms with Crippen LogP contribution in [0.5, 0.6) is 0 Å². The molecule has 1 N–H and O–H groups in total. The highest BCUT2D eigenvalue weighted by Gasteiger charge is 2.13. The van der Waals surface area contributed by atoms with Crippen molar-refractivity contribution in [3.63, 3.8) is 0 Å². The fraction of sp³-hybridized carbons (Fsp3) is 0.100. The Bertz CT molecular complexity index is 378. The van der Waals surface area contributed by atoms with E-state index in [1.54, 1.807) is 24.3 Å². The van der Waals surface area contributed by atoms with Gasteiger partial charge in [0.1, 0.15) is 4.49 Å². The molecule has 2 nitrogen and oxygen atoms in total. The van der Waals surface area contributed by atoms with Crippen LogP contribution < -0.4 is 0 Å². The van der Waals surface area contributed by atoms with Crippen LogP contribution >= 0.6 is 35.6 Å². The van der Waals surface area contributed by atoms with Gasteiger partial charge < -0.3 is 5.11 Å². The van der Waals surface area contributed by atoms with Crippen molar-refractivity contribution < 1.29 is 9.90 Å². The van der Waals surface area contributed by atoms with Gasteiger partial charge in [0.15, 0.2) is 0 Å². The fourth-order valence-electron chi connectivity index (χ4n) is 1.03. The second kappa shape index (κ2) is 6.01. The van der Waals surface area contributed by atoms with Crippen LogP contribution in [0.4, 0.5) is 0 Å². The number of aryl methyl sites for hydroxylation is 1. The molecule has 15 heavy (non-hydrogen) atoms. The zero-order valence-electron chi connectivity index (χ0n) is 7.83. The van der Waals surface area contributed by atoms with Gasteiger partial charge in [-0.1, -0.05) is 53.0 Å². The lowest BCUT2D eigenvalue weighted by molar-refractivity contribution is -0.130. The number of carbonyl (C=O) groups is 1. The number of hydrogen-bond acceptors (Lipinski definition) is 1. The Labute approximate surface area is 104 Å². The summed E-state index contributed by atoms with van der Waals surface area (Å²) in [5.41, 5.74) is 1.47. The van der Waals surface area contributed by atoms with Crippen LogP contribution in [0.3, 0.4) is 0 Å². The second-order valence-corrected chi connectivity index (χ2v) is 3.76. The molecule has 0 atom stereocenters. The highest BCUT2D eigenvalue weighted by molar-refractivity contribution is 6.61. The van der Waals surface area contributed by atoms with E-state index in [0.29, 0.717) is 5.56 Å². The molecule has 0 spiro atoms. The van der Waals surface area contributed by atoms with Crippen LogP contribution in [-0.4, -0.2) is 11.1 Å². The number of hydrogen-bond donors (Lipinski definition) is 1. The van der Waals surface area contributed by atoms with Crippen LogP contribution in [0.2, 0.25) is 0 Å². The lowest BCUT2D eigenvalue weighted by Crippen LogP contribution is -2.00. The van der Waals surface area contributed by atoms with Crippen molar-refractivity contribution in [3.8, 4) is 0 Å². The van der Waals surface area contributed by atoms with Crippen molar-refractivity contribution in [1.29, 1.82) is 0 Å². The van der Waals surface area contributed by atoms with Crippen LogP contribution in [0.1, 0.15) is 11.1 Å². The molecule has 0 fully saturated rings. The molecular formula is C10H9Cl3O2. The third-order valence-electron chi connectivity index (χ3n) is 1.74. The van der Waals surface area contributed by atoms with Crippen LogP contribution in [0, 0.1) is 6.92 Å². The predicted molar refractivity (Wildman–Crippen MR) is 64.7 cm³/mol. The van der Waals surface area contributed by atoms with Gasteiger partial charge in [-0.15, -0.1) is 12.4 Å². The lowest BCUT2D eigenvalue weighted by atomic mass is 10.1. The van der Waals surface area contributed by atoms with Gasteiger partial charge in [0.05, 0.1) is 5.57 Å². The quantitative estimate of drug-likeness (QED) is 0.831. The minimum absolute atomic E-state index is 0. The number of rotatable bonds is 2. The predicted octanol–water partition coefficient (Wildman–Crippen LogP) is 3.65. The molecule has 0 aromatic heterocycles. The monoisotopic (exact) mass is 266 g/mol. The van der Waals surface area contributed by atoms with E-state index in [-0.39, 0.29) is 22.5 Å². The molecule has 82 valence electrons. The molecule has 0 aliphatic heterocycles. The summed E-state index contributed by atoms with van der Waals surface area (Å²) in [6.07, 6.45) is 0. The number of aliphatic carboxylic acids is 1. The average Bonchev–Trinajstić information content (AvgIpc) is 2.07. The van der Waals surface area contributed by atoms with Crippen LogP contribution in [0.15, 0.2) is 28.8 Å². The summed E-state index contributed by atoms with van der Waals surface area (Å²) in [7, 11) is 0. The van der Waals surface area contributed by atoms with Gasteiger partial charge in [0.2, 0.25) is 0 Å². The van der Waals surface area contributed by atoms with Gasteiger partial charge in [-0.25, -0.2) is 4.79 Å². The van der Waals surface area contributed by atoms with E-state index in [1.807, 2.05) is 6.92 Å². The standard InChI is InChI=1S/C10H8Cl2O2.ClH/c1-6-2-4-7(5-3-6)8(9(11)12)10(13)14;/h2-5H,1H3,(H,13,14);1H. The Kier molecular flexibility index (Phi) is 5.73. The summed E-state index contributed by atoms with van der Waals surface area (Å²) in [6, 6.07) is 6.94. The Morgan fingerprint density at radius 1 is 1.20 bits per heavy atom. The molecule has 0 saturated carbocycles. The molecule has 1 aromatic rings. The topological polar surface area (TPSA) is 37.3 Å². The average molecular weight is 268 g/mol. The van der Waals surface area contributed by atoms with E-state index in [9.17, 15) is 4.79 Å². The van der Waals surface area contributed by atoms with E-state index in [2.05, 4.69) is 0 Å². The third kappa shape index (κ3) is 3.74. The first kappa shape index (κ1) is 14.3. The van der Waals surface area contributed by atoms with Gasteiger partial charge >= 0.3 is 5.97 Å². The summed E-state index contributed by atoms with van der Waals surface area (Å²) >= 11 is 11.0. The first-order valence-electron chi connectivity index (χ1n) is 3.88. The van der Waals surface area contributed by atoms with E-state index < -0.39 is 5.97 Å². The Morgan fingerprint density at radius 3 is 2.00 bits per heavy atom. The van der Waals surface area contributed by atoms with E-state index in [1.165, 1.54) is 0 Å². The molecule has 0 unspecified atom stereocenters. The van der Waals surface area contributed by atoms with Gasteiger partial charge in [0.25, 0.3) is 0 Å². The zero-order chi connectivity index (χ0) is 10.7. The molecule has 0 amide bonds. The number of carboxylic acid groups (broad SMARTS) is 1. The molecule has 0 saturated heterocycles. The highest BCUT2D eigenvalue weighted by atomic mass is 35.5. The largest absolute Gasteiger partial charge is 0.478 e. The van der Waals surface area contributed by atoms with Crippen molar-refractivity contribution in [2.75, 3.05) is 0 Å². The van der Waals surface area contributed by atoms with Crippen molar-refractivity contribution in [2.24, 2.45) is 0 Å². The molecule has 1 rings (SSSR count). The molecule has 5 heteroatoms. The number of carboxylic acids is 1. The summed E-state index contributed by atoms with van der Waals surface area (Å²) in [4.78, 5) is 10.8. The Balaban J connectivity index is 0.00000196. The Morgan fingerprint density at radius 2 is 1.67 bits per heavy atom. The minimum Gasteiger partial charge on any atom is -0.478 e. The van der Waals surface area contributed by atoms with Crippen LogP contribution in [-0.2, 0) is 4.79 Å². The molecule has 1 aromatic carbocycles. The van der Waals surface area contributed by atoms with E-state index in [4.69, 9.17) is 28.3 Å². The van der Waals surface area contributed by atoms with Crippen molar-refractivity contribution in [2.45, 2.75) is 6.92 Å². The molecular weight excluding hydrogens is 258 g/mol. The van der Waals surface area contributed by atoms with Gasteiger partial charge in [-0.2, -0.15) is 0 Å². The summed E-state index contributed by atoms with van der Waals surface area (Å²) in [5.74, 6) is -1.13. The lowest BCUT2D eigenvalue weighted by Gasteiger charge is -2.02. The van der Waals surface area contributed by atoms with E-state index in [0.717, 1.165) is 5.56 Å². The van der Waals surface area contributed by atoms with E-state index >= 15 is 0 Å². The summed E-state index contributed by atoms with van der Waals surface area (Å²) in [5, 5.41) is 8.84. The van der Waals surface area contributed by atoms with Crippen molar-refractivity contribution in [1.82, 2.24) is 0 Å². The summed E-state index contributed by atoms with van der Waals surface area (Å²) in [6.45, 7) is 1.91. The number of halogens is 3. The highest BCUT2D eigenvalue weighted by Crippen LogP contribution is 2.24. The smallest absolute Gasteiger partial charge is 0.338 e. The van der Waals surface area contributed by atoms with Gasteiger partial charge in [-0.3, -0.25) is 0 Å². The molecule has 0 radical (unpaired) electrons. The van der Waals surface area contributed by atoms with Crippen molar-refractivity contribution >= 4 is 47.2 Å². The molecule has 0 heterocycles. The maximum Gasteiger partial charge on any atom is 0.338 e. The zero-order valence-corrected chi connectivity index (χ0v) is 10.2. The maximum absolute atomic E-state index is 10.8. The molecule has 0 aliphatic carbocycles. The normalized spacial score (nSPS) is 9.00. The first-order valence-corrected chi connectivity index (χ1v) is 4.63. The number of benzene rings is 1. The maximum atomic E-state index is 10.8. The van der Waals surface area contributed by atoms with Gasteiger partial charge in [0, 0.05) is 0 Å². The summed E-state index contributed by atoms with van der Waals surface area (Å²) < 4.78 is -0.235.